The number of fused-ring (bicyclic) bond motifs is 1. The van der Waals surface area contributed by atoms with Gasteiger partial charge in [0.25, 0.3) is 0 Å². The number of anilines is 3. The maximum Gasteiger partial charge on any atom is 0.323 e. The standard InChI is InChI=1S/C13H15N5O3/c1-3-19-13-17-11(14-2)16-12(18-13)15-8-4-5-9-10(6-8)21-7-20-9/h4-6H,3,7H2,1-2H3,(H2,14,15,16,17,18). The van der Waals surface area contributed by atoms with E-state index in [2.05, 4.69) is 25.6 Å². The molecule has 0 saturated heterocycles. The van der Waals surface area contributed by atoms with Crippen molar-refractivity contribution in [2.45, 2.75) is 6.92 Å². The summed E-state index contributed by atoms with van der Waals surface area (Å²) in [6.07, 6.45) is 0. The van der Waals surface area contributed by atoms with Gasteiger partial charge in [-0.1, -0.05) is 0 Å². The predicted octanol–water partition coefficient (Wildman–Crippen LogP) is 1.78. The van der Waals surface area contributed by atoms with E-state index in [1.165, 1.54) is 0 Å². The highest BCUT2D eigenvalue weighted by atomic mass is 16.7. The van der Waals surface area contributed by atoms with E-state index in [0.29, 0.717) is 24.3 Å². The van der Waals surface area contributed by atoms with Gasteiger partial charge in [0.15, 0.2) is 11.5 Å². The largest absolute Gasteiger partial charge is 0.464 e. The van der Waals surface area contributed by atoms with E-state index in [9.17, 15) is 0 Å². The molecule has 0 atom stereocenters. The van der Waals surface area contributed by atoms with Gasteiger partial charge in [-0.3, -0.25) is 0 Å². The second-order valence-corrected chi connectivity index (χ2v) is 4.14. The highest BCUT2D eigenvalue weighted by Crippen LogP contribution is 2.34. The average molecular weight is 289 g/mol. The van der Waals surface area contributed by atoms with Gasteiger partial charge in [0.2, 0.25) is 18.7 Å². The Balaban J connectivity index is 1.85. The summed E-state index contributed by atoms with van der Waals surface area (Å²) in [7, 11) is 1.73. The zero-order valence-corrected chi connectivity index (χ0v) is 11.7. The number of rotatable bonds is 5. The topological polar surface area (TPSA) is 90.4 Å². The molecule has 0 radical (unpaired) electrons. The normalized spacial score (nSPS) is 12.1. The van der Waals surface area contributed by atoms with Crippen LogP contribution in [-0.4, -0.2) is 35.4 Å². The van der Waals surface area contributed by atoms with Crippen LogP contribution in [0.4, 0.5) is 17.6 Å². The lowest BCUT2D eigenvalue weighted by Gasteiger charge is -2.09. The van der Waals surface area contributed by atoms with Crippen molar-refractivity contribution in [3.8, 4) is 17.5 Å². The van der Waals surface area contributed by atoms with Crippen LogP contribution in [0.5, 0.6) is 17.5 Å². The Labute approximate surface area is 121 Å². The van der Waals surface area contributed by atoms with Gasteiger partial charge in [-0.05, 0) is 19.1 Å². The van der Waals surface area contributed by atoms with Crippen molar-refractivity contribution >= 4 is 17.6 Å². The maximum atomic E-state index is 5.33. The molecule has 1 aliphatic heterocycles. The van der Waals surface area contributed by atoms with Crippen LogP contribution in [0.3, 0.4) is 0 Å². The fourth-order valence-electron chi connectivity index (χ4n) is 1.82. The van der Waals surface area contributed by atoms with Crippen LogP contribution >= 0.6 is 0 Å². The monoisotopic (exact) mass is 289 g/mol. The molecule has 110 valence electrons. The molecule has 21 heavy (non-hydrogen) atoms. The number of hydrogen-bond acceptors (Lipinski definition) is 8. The molecule has 0 saturated carbocycles. The van der Waals surface area contributed by atoms with Crippen LogP contribution in [0, 0.1) is 0 Å². The minimum absolute atomic E-state index is 0.239. The number of hydrogen-bond donors (Lipinski definition) is 2. The van der Waals surface area contributed by atoms with Crippen LogP contribution in [0.25, 0.3) is 0 Å². The minimum Gasteiger partial charge on any atom is -0.464 e. The molecule has 0 unspecified atom stereocenters. The van der Waals surface area contributed by atoms with Gasteiger partial charge in [-0.2, -0.15) is 15.0 Å². The Morgan fingerprint density at radius 1 is 1.14 bits per heavy atom. The number of aromatic nitrogens is 3. The van der Waals surface area contributed by atoms with Crippen molar-refractivity contribution in [3.63, 3.8) is 0 Å². The molecule has 1 aliphatic rings. The zero-order chi connectivity index (χ0) is 14.7. The third-order valence-electron chi connectivity index (χ3n) is 2.74. The summed E-state index contributed by atoms with van der Waals surface area (Å²) < 4.78 is 15.9. The molecular weight excluding hydrogens is 274 g/mol. The number of ether oxygens (including phenoxy) is 3. The first-order chi connectivity index (χ1) is 10.3. The second-order valence-electron chi connectivity index (χ2n) is 4.14. The number of benzene rings is 1. The summed E-state index contributed by atoms with van der Waals surface area (Å²) in [5, 5.41) is 5.96. The van der Waals surface area contributed by atoms with Crippen LogP contribution in [0.1, 0.15) is 6.92 Å². The summed E-state index contributed by atoms with van der Waals surface area (Å²) in [6, 6.07) is 5.77. The van der Waals surface area contributed by atoms with E-state index in [1.54, 1.807) is 7.05 Å². The van der Waals surface area contributed by atoms with Gasteiger partial charge in [0.1, 0.15) is 0 Å². The molecular formula is C13H15N5O3. The van der Waals surface area contributed by atoms with Crippen molar-refractivity contribution in [1.29, 1.82) is 0 Å². The Hall–Kier alpha value is -2.77. The zero-order valence-electron chi connectivity index (χ0n) is 11.7. The van der Waals surface area contributed by atoms with E-state index in [-0.39, 0.29) is 12.8 Å². The van der Waals surface area contributed by atoms with E-state index in [4.69, 9.17) is 14.2 Å². The molecule has 8 heteroatoms. The highest BCUT2D eigenvalue weighted by molar-refractivity contribution is 5.60. The van der Waals surface area contributed by atoms with Crippen molar-refractivity contribution in [3.05, 3.63) is 18.2 Å². The minimum atomic E-state index is 0.239. The number of nitrogens with zero attached hydrogens (tertiary/aromatic N) is 3. The van der Waals surface area contributed by atoms with Crippen LogP contribution in [0.2, 0.25) is 0 Å². The molecule has 2 N–H and O–H groups in total. The SMILES string of the molecule is CCOc1nc(NC)nc(Nc2ccc3c(c2)OCO3)n1. The molecule has 0 aliphatic carbocycles. The predicted molar refractivity (Wildman–Crippen MR) is 76.4 cm³/mol. The molecule has 0 amide bonds. The van der Waals surface area contributed by atoms with E-state index < -0.39 is 0 Å². The highest BCUT2D eigenvalue weighted by Gasteiger charge is 2.14. The van der Waals surface area contributed by atoms with Crippen LogP contribution in [0.15, 0.2) is 18.2 Å². The maximum absolute atomic E-state index is 5.33. The van der Waals surface area contributed by atoms with Crippen molar-refractivity contribution in [1.82, 2.24) is 15.0 Å². The summed E-state index contributed by atoms with van der Waals surface area (Å²) in [6.45, 7) is 2.59. The van der Waals surface area contributed by atoms with Gasteiger partial charge in [-0.25, -0.2) is 0 Å². The molecule has 2 aromatic rings. The van der Waals surface area contributed by atoms with Gasteiger partial charge in [0, 0.05) is 18.8 Å². The molecule has 0 bridgehead atoms. The van der Waals surface area contributed by atoms with Gasteiger partial charge >= 0.3 is 6.01 Å². The lowest BCUT2D eigenvalue weighted by molar-refractivity contribution is 0.174. The van der Waals surface area contributed by atoms with Gasteiger partial charge in [0.05, 0.1) is 6.61 Å². The Bertz CT molecular complexity index is 650. The van der Waals surface area contributed by atoms with Crippen LogP contribution in [-0.2, 0) is 0 Å². The van der Waals surface area contributed by atoms with Crippen LogP contribution < -0.4 is 24.8 Å². The fraction of sp³-hybridized carbons (Fsp3) is 0.308. The second kappa shape index (κ2) is 5.70. The first kappa shape index (κ1) is 13.2. The molecule has 0 spiro atoms. The summed E-state index contributed by atoms with van der Waals surface area (Å²) >= 11 is 0. The average Bonchev–Trinajstić information content (AvgIpc) is 2.95. The lowest BCUT2D eigenvalue weighted by Crippen LogP contribution is -2.06. The van der Waals surface area contributed by atoms with Gasteiger partial charge < -0.3 is 24.8 Å². The Kier molecular flexibility index (Phi) is 3.59. The summed E-state index contributed by atoms with van der Waals surface area (Å²) in [5.74, 6) is 2.23. The molecule has 3 rings (SSSR count). The van der Waals surface area contributed by atoms with Gasteiger partial charge in [-0.15, -0.1) is 0 Å². The van der Waals surface area contributed by atoms with Crippen molar-refractivity contribution < 1.29 is 14.2 Å². The van der Waals surface area contributed by atoms with Crippen molar-refractivity contribution in [2.24, 2.45) is 0 Å². The smallest absolute Gasteiger partial charge is 0.323 e. The quantitative estimate of drug-likeness (QED) is 0.861. The first-order valence-electron chi connectivity index (χ1n) is 6.52. The summed E-state index contributed by atoms with van der Waals surface area (Å²) in [5.41, 5.74) is 0.787. The first-order valence-corrected chi connectivity index (χ1v) is 6.52. The Morgan fingerprint density at radius 3 is 2.76 bits per heavy atom. The Morgan fingerprint density at radius 2 is 1.95 bits per heavy atom. The molecule has 8 nitrogen and oxygen atoms in total. The fourth-order valence-corrected chi connectivity index (χ4v) is 1.82. The molecule has 0 fully saturated rings. The number of nitrogens with one attached hydrogen (secondary N) is 2. The van der Waals surface area contributed by atoms with E-state index in [1.807, 2.05) is 25.1 Å². The molecule has 2 heterocycles. The lowest BCUT2D eigenvalue weighted by atomic mass is 10.3. The third-order valence-corrected chi connectivity index (χ3v) is 2.74. The molecule has 1 aromatic heterocycles. The van der Waals surface area contributed by atoms with E-state index >= 15 is 0 Å². The molecule has 1 aromatic carbocycles. The van der Waals surface area contributed by atoms with E-state index in [0.717, 1.165) is 11.4 Å². The summed E-state index contributed by atoms with van der Waals surface area (Å²) in [4.78, 5) is 12.5. The third kappa shape index (κ3) is 2.88. The van der Waals surface area contributed by atoms with Crippen molar-refractivity contribution in [2.75, 3.05) is 31.1 Å².